The molecule has 0 aliphatic rings. The van der Waals surface area contributed by atoms with Crippen LogP contribution in [0, 0.1) is 5.92 Å². The standard InChI is InChI=1S/C18H24N4O/c1-2-14-6-5-8-17(10-14)22-18(19)21-12-15(13-23)11-16-7-3-4-9-20-16/h3-10,15,23H,2,11-13H2,1H3,(H3,19,21,22). The number of hydrogen-bond donors (Lipinski definition) is 3. The fourth-order valence-corrected chi connectivity index (χ4v) is 2.29. The van der Waals surface area contributed by atoms with Gasteiger partial charge >= 0.3 is 0 Å². The number of aryl methyl sites for hydroxylation is 1. The summed E-state index contributed by atoms with van der Waals surface area (Å²) in [6.07, 6.45) is 3.41. The van der Waals surface area contributed by atoms with Crippen LogP contribution in [0.2, 0.25) is 0 Å². The topological polar surface area (TPSA) is 83.5 Å². The summed E-state index contributed by atoms with van der Waals surface area (Å²) in [7, 11) is 0. The number of aliphatic imine (C=N–C) groups is 1. The van der Waals surface area contributed by atoms with Crippen LogP contribution in [-0.2, 0) is 12.8 Å². The number of aliphatic hydroxyl groups excluding tert-OH is 1. The predicted molar refractivity (Wildman–Crippen MR) is 94.4 cm³/mol. The minimum Gasteiger partial charge on any atom is -0.396 e. The van der Waals surface area contributed by atoms with Crippen LogP contribution in [0.5, 0.6) is 0 Å². The molecule has 23 heavy (non-hydrogen) atoms. The molecule has 5 nitrogen and oxygen atoms in total. The Balaban J connectivity index is 1.91. The highest BCUT2D eigenvalue weighted by atomic mass is 16.3. The lowest BCUT2D eigenvalue weighted by Crippen LogP contribution is -2.25. The quantitative estimate of drug-likeness (QED) is 0.541. The largest absolute Gasteiger partial charge is 0.396 e. The first-order valence-corrected chi connectivity index (χ1v) is 7.88. The highest BCUT2D eigenvalue weighted by Gasteiger charge is 2.09. The van der Waals surface area contributed by atoms with Gasteiger partial charge in [0.15, 0.2) is 5.96 Å². The molecule has 1 unspecified atom stereocenters. The molecule has 0 saturated heterocycles. The zero-order valence-electron chi connectivity index (χ0n) is 13.4. The van der Waals surface area contributed by atoms with E-state index in [2.05, 4.69) is 34.3 Å². The Labute approximate surface area is 137 Å². The molecule has 4 N–H and O–H groups in total. The van der Waals surface area contributed by atoms with Gasteiger partial charge in [0.2, 0.25) is 0 Å². The molecule has 0 aliphatic heterocycles. The van der Waals surface area contributed by atoms with Crippen molar-refractivity contribution in [3.8, 4) is 0 Å². The van der Waals surface area contributed by atoms with Gasteiger partial charge in [0.05, 0.1) is 0 Å². The van der Waals surface area contributed by atoms with E-state index in [-0.39, 0.29) is 12.5 Å². The highest BCUT2D eigenvalue weighted by Crippen LogP contribution is 2.11. The summed E-state index contributed by atoms with van der Waals surface area (Å²) in [6.45, 7) is 2.62. The lowest BCUT2D eigenvalue weighted by atomic mass is 10.0. The number of guanidine groups is 1. The highest BCUT2D eigenvalue weighted by molar-refractivity contribution is 5.92. The van der Waals surface area contributed by atoms with Crippen LogP contribution in [0.15, 0.2) is 53.7 Å². The van der Waals surface area contributed by atoms with E-state index in [1.807, 2.05) is 30.3 Å². The molecule has 0 bridgehead atoms. The van der Waals surface area contributed by atoms with Crippen molar-refractivity contribution in [3.63, 3.8) is 0 Å². The Morgan fingerprint density at radius 1 is 1.30 bits per heavy atom. The molecule has 0 saturated carbocycles. The number of hydrogen-bond acceptors (Lipinski definition) is 3. The lowest BCUT2D eigenvalue weighted by molar-refractivity contribution is 0.229. The Bertz CT molecular complexity index is 628. The van der Waals surface area contributed by atoms with Gasteiger partial charge in [0, 0.05) is 36.6 Å². The Kier molecular flexibility index (Phi) is 6.56. The molecule has 1 atom stereocenters. The summed E-state index contributed by atoms with van der Waals surface area (Å²) >= 11 is 0. The molecule has 0 spiro atoms. The molecule has 5 heteroatoms. The van der Waals surface area contributed by atoms with Gasteiger partial charge in [-0.1, -0.05) is 25.1 Å². The monoisotopic (exact) mass is 312 g/mol. The van der Waals surface area contributed by atoms with E-state index in [1.165, 1.54) is 5.56 Å². The number of nitrogens with one attached hydrogen (secondary N) is 1. The normalized spacial score (nSPS) is 12.9. The zero-order chi connectivity index (χ0) is 16.5. The summed E-state index contributed by atoms with van der Waals surface area (Å²) in [6, 6.07) is 13.8. The molecule has 1 aromatic carbocycles. The number of pyridine rings is 1. The number of aliphatic hydroxyl groups is 1. The van der Waals surface area contributed by atoms with Gasteiger partial charge in [0.1, 0.15) is 0 Å². The van der Waals surface area contributed by atoms with Crippen LogP contribution >= 0.6 is 0 Å². The van der Waals surface area contributed by atoms with Crippen molar-refractivity contribution in [2.75, 3.05) is 18.5 Å². The molecule has 1 aromatic heterocycles. The molecule has 122 valence electrons. The molecule has 0 amide bonds. The van der Waals surface area contributed by atoms with E-state index < -0.39 is 0 Å². The van der Waals surface area contributed by atoms with Gasteiger partial charge in [-0.05, 0) is 42.7 Å². The summed E-state index contributed by atoms with van der Waals surface area (Å²) in [5.74, 6) is 0.366. The van der Waals surface area contributed by atoms with Gasteiger partial charge < -0.3 is 16.2 Å². The molecule has 1 heterocycles. The Hall–Kier alpha value is -2.40. The average Bonchev–Trinajstić information content (AvgIpc) is 2.59. The SMILES string of the molecule is CCc1cccc(NC(N)=NCC(CO)Cc2ccccn2)c1. The summed E-state index contributed by atoms with van der Waals surface area (Å²) in [4.78, 5) is 8.61. The smallest absolute Gasteiger partial charge is 0.193 e. The first-order chi connectivity index (χ1) is 11.2. The van der Waals surface area contributed by atoms with E-state index in [9.17, 15) is 5.11 Å². The van der Waals surface area contributed by atoms with Crippen molar-refractivity contribution in [2.45, 2.75) is 19.8 Å². The fraction of sp³-hybridized carbons (Fsp3) is 0.333. The van der Waals surface area contributed by atoms with Crippen LogP contribution in [0.3, 0.4) is 0 Å². The van der Waals surface area contributed by atoms with Crippen molar-refractivity contribution in [1.82, 2.24) is 4.98 Å². The van der Waals surface area contributed by atoms with Gasteiger partial charge in [-0.3, -0.25) is 9.98 Å². The van der Waals surface area contributed by atoms with E-state index in [4.69, 9.17) is 5.73 Å². The van der Waals surface area contributed by atoms with Crippen molar-refractivity contribution >= 4 is 11.6 Å². The van der Waals surface area contributed by atoms with Crippen LogP contribution in [0.4, 0.5) is 5.69 Å². The van der Waals surface area contributed by atoms with Crippen LogP contribution in [0.1, 0.15) is 18.2 Å². The first-order valence-electron chi connectivity index (χ1n) is 7.88. The Morgan fingerprint density at radius 3 is 2.87 bits per heavy atom. The predicted octanol–water partition coefficient (Wildman–Crippen LogP) is 2.22. The number of benzene rings is 1. The number of nitrogens with two attached hydrogens (primary N) is 1. The summed E-state index contributed by atoms with van der Waals surface area (Å²) in [5.41, 5.74) is 9.05. The van der Waals surface area contributed by atoms with E-state index in [0.29, 0.717) is 18.9 Å². The van der Waals surface area contributed by atoms with Crippen molar-refractivity contribution in [3.05, 3.63) is 59.9 Å². The van der Waals surface area contributed by atoms with Gasteiger partial charge in [-0.2, -0.15) is 0 Å². The molecule has 0 radical (unpaired) electrons. The molecule has 2 rings (SSSR count). The van der Waals surface area contributed by atoms with E-state index in [0.717, 1.165) is 17.8 Å². The minimum atomic E-state index is 0.00669. The van der Waals surface area contributed by atoms with Crippen LogP contribution in [0.25, 0.3) is 0 Å². The van der Waals surface area contributed by atoms with Crippen molar-refractivity contribution in [2.24, 2.45) is 16.6 Å². The second kappa shape index (κ2) is 8.90. The fourth-order valence-electron chi connectivity index (χ4n) is 2.29. The number of aromatic nitrogens is 1. The Morgan fingerprint density at radius 2 is 2.17 bits per heavy atom. The zero-order valence-corrected chi connectivity index (χ0v) is 13.4. The van der Waals surface area contributed by atoms with Gasteiger partial charge in [-0.15, -0.1) is 0 Å². The molecular formula is C18H24N4O. The number of rotatable bonds is 7. The van der Waals surface area contributed by atoms with Crippen LogP contribution < -0.4 is 11.1 Å². The first kappa shape index (κ1) is 17.0. The minimum absolute atomic E-state index is 0.00669. The molecule has 0 aliphatic carbocycles. The third-order valence-corrected chi connectivity index (χ3v) is 3.61. The third kappa shape index (κ3) is 5.71. The molecular weight excluding hydrogens is 288 g/mol. The maximum absolute atomic E-state index is 9.50. The second-order valence-electron chi connectivity index (χ2n) is 5.48. The molecule has 0 fully saturated rings. The van der Waals surface area contributed by atoms with Gasteiger partial charge in [-0.25, -0.2) is 0 Å². The van der Waals surface area contributed by atoms with E-state index in [1.54, 1.807) is 6.20 Å². The van der Waals surface area contributed by atoms with Crippen molar-refractivity contribution < 1.29 is 5.11 Å². The lowest BCUT2D eigenvalue weighted by Gasteiger charge is -2.12. The second-order valence-corrected chi connectivity index (χ2v) is 5.48. The number of anilines is 1. The third-order valence-electron chi connectivity index (χ3n) is 3.61. The van der Waals surface area contributed by atoms with Crippen LogP contribution in [-0.4, -0.2) is 29.2 Å². The van der Waals surface area contributed by atoms with Gasteiger partial charge in [0.25, 0.3) is 0 Å². The van der Waals surface area contributed by atoms with Crippen molar-refractivity contribution in [1.29, 1.82) is 0 Å². The maximum atomic E-state index is 9.50. The molecule has 2 aromatic rings. The van der Waals surface area contributed by atoms with E-state index >= 15 is 0 Å². The summed E-state index contributed by atoms with van der Waals surface area (Å²) in [5, 5.41) is 12.6. The average molecular weight is 312 g/mol. The summed E-state index contributed by atoms with van der Waals surface area (Å²) < 4.78 is 0. The maximum Gasteiger partial charge on any atom is 0.193 e. The number of nitrogens with zero attached hydrogens (tertiary/aromatic N) is 2.